The fraction of sp³-hybridized carbons (Fsp3) is 0.571. The van der Waals surface area contributed by atoms with Gasteiger partial charge >= 0.3 is 0 Å². The summed E-state index contributed by atoms with van der Waals surface area (Å²) in [6, 6.07) is 5.28. The number of nitrogens with one attached hydrogen (secondary N) is 3. The van der Waals surface area contributed by atoms with Crippen LogP contribution in [0.5, 0.6) is 0 Å². The van der Waals surface area contributed by atoms with E-state index in [2.05, 4.69) is 16.0 Å². The van der Waals surface area contributed by atoms with Crippen LogP contribution < -0.4 is 16.0 Å². The van der Waals surface area contributed by atoms with Gasteiger partial charge in [0.1, 0.15) is 6.04 Å². The minimum atomic E-state index is -0.576. The molecule has 8 nitrogen and oxygen atoms in total. The van der Waals surface area contributed by atoms with Crippen molar-refractivity contribution in [1.82, 2.24) is 20.9 Å². The molecule has 4 heterocycles. The summed E-state index contributed by atoms with van der Waals surface area (Å²) in [6.07, 6.45) is 1.93. The van der Waals surface area contributed by atoms with Crippen LogP contribution in [0.25, 0.3) is 0 Å². The smallest absolute Gasteiger partial charge is 0.255 e. The van der Waals surface area contributed by atoms with E-state index >= 15 is 0 Å². The van der Waals surface area contributed by atoms with Gasteiger partial charge in [0, 0.05) is 50.1 Å². The van der Waals surface area contributed by atoms with Crippen molar-refractivity contribution >= 4 is 17.7 Å². The summed E-state index contributed by atoms with van der Waals surface area (Å²) in [4.78, 5) is 38.3. The fourth-order valence-electron chi connectivity index (χ4n) is 4.96. The number of amides is 3. The van der Waals surface area contributed by atoms with Crippen LogP contribution >= 0.6 is 0 Å². The lowest BCUT2D eigenvalue weighted by molar-refractivity contribution is -0.136. The third-order valence-corrected chi connectivity index (χ3v) is 6.61. The highest BCUT2D eigenvalue weighted by Gasteiger charge is 2.44. The molecule has 1 aromatic carbocycles. The molecule has 1 spiro atoms. The predicted octanol–water partition coefficient (Wildman–Crippen LogP) is -0.0843. The zero-order chi connectivity index (χ0) is 20.0. The first-order chi connectivity index (χ1) is 14.0. The first kappa shape index (κ1) is 18.7. The molecule has 3 saturated heterocycles. The van der Waals surface area contributed by atoms with E-state index in [1.165, 1.54) is 0 Å². The first-order valence-corrected chi connectivity index (χ1v) is 10.3. The molecule has 0 radical (unpaired) electrons. The summed E-state index contributed by atoms with van der Waals surface area (Å²) in [5.41, 5.74) is 2.91. The van der Waals surface area contributed by atoms with Crippen LogP contribution in [0.2, 0.25) is 0 Å². The maximum absolute atomic E-state index is 13.1. The summed E-state index contributed by atoms with van der Waals surface area (Å²) in [6.45, 7) is 4.67. The molecule has 3 N–H and O–H groups in total. The van der Waals surface area contributed by atoms with Gasteiger partial charge in [0.25, 0.3) is 5.91 Å². The number of piperidine rings is 1. The highest BCUT2D eigenvalue weighted by atomic mass is 16.5. The van der Waals surface area contributed by atoms with Gasteiger partial charge in [-0.25, -0.2) is 0 Å². The second-order valence-corrected chi connectivity index (χ2v) is 8.72. The molecule has 0 bridgehead atoms. The molecule has 3 amide bonds. The SMILES string of the molecule is O=C1CCC(N2Cc3cccc(CNCC4CC5(CNC5)CO4)c3C2=O)C(=O)N1. The number of benzene rings is 1. The lowest BCUT2D eigenvalue weighted by atomic mass is 9.80. The largest absolute Gasteiger partial charge is 0.376 e. The van der Waals surface area contributed by atoms with Crippen molar-refractivity contribution in [3.8, 4) is 0 Å². The van der Waals surface area contributed by atoms with Crippen LogP contribution in [0.3, 0.4) is 0 Å². The Bertz CT molecular complexity index is 866. The standard InChI is InChI=1S/C21H26N4O4/c26-17-5-4-16(19(27)24-17)25-9-14-3-1-2-13(18(14)20(25)28)7-22-8-15-6-21(12-29-15)10-23-11-21/h1-3,15-16,22-23H,4-12H2,(H,24,26,27). The van der Waals surface area contributed by atoms with Crippen LogP contribution in [0.15, 0.2) is 18.2 Å². The maximum atomic E-state index is 13.1. The molecule has 154 valence electrons. The molecule has 29 heavy (non-hydrogen) atoms. The van der Waals surface area contributed by atoms with E-state index in [1.54, 1.807) is 4.90 Å². The average Bonchev–Trinajstić information content (AvgIpc) is 3.25. The number of hydrogen-bond donors (Lipinski definition) is 3. The van der Waals surface area contributed by atoms with Crippen molar-refractivity contribution in [3.63, 3.8) is 0 Å². The Hall–Kier alpha value is -2.29. The Morgan fingerprint density at radius 3 is 2.83 bits per heavy atom. The van der Waals surface area contributed by atoms with Gasteiger partial charge in [-0.2, -0.15) is 0 Å². The van der Waals surface area contributed by atoms with Crippen LogP contribution in [0, 0.1) is 5.41 Å². The molecule has 5 rings (SSSR count). The Kier molecular flexibility index (Phi) is 4.64. The number of rotatable bonds is 5. The van der Waals surface area contributed by atoms with Gasteiger partial charge in [-0.1, -0.05) is 18.2 Å². The van der Waals surface area contributed by atoms with Crippen molar-refractivity contribution < 1.29 is 19.1 Å². The van der Waals surface area contributed by atoms with Crippen molar-refractivity contribution in [2.24, 2.45) is 5.41 Å². The zero-order valence-electron chi connectivity index (χ0n) is 16.3. The first-order valence-electron chi connectivity index (χ1n) is 10.3. The Labute approximate surface area is 169 Å². The number of carbonyl (C=O) groups is 3. The van der Waals surface area contributed by atoms with E-state index in [1.807, 2.05) is 18.2 Å². The minimum absolute atomic E-state index is 0.122. The summed E-state index contributed by atoms with van der Waals surface area (Å²) in [5.74, 6) is -0.766. The third kappa shape index (κ3) is 3.35. The van der Waals surface area contributed by atoms with Gasteiger partial charge in [-0.05, 0) is 24.0 Å². The summed E-state index contributed by atoms with van der Waals surface area (Å²) in [5, 5.41) is 9.12. The zero-order valence-corrected chi connectivity index (χ0v) is 16.3. The van der Waals surface area contributed by atoms with Gasteiger partial charge in [-0.3, -0.25) is 19.7 Å². The van der Waals surface area contributed by atoms with Gasteiger partial charge < -0.3 is 20.3 Å². The topological polar surface area (TPSA) is 99.8 Å². The summed E-state index contributed by atoms with van der Waals surface area (Å²) >= 11 is 0. The summed E-state index contributed by atoms with van der Waals surface area (Å²) < 4.78 is 5.93. The van der Waals surface area contributed by atoms with Crippen LogP contribution in [0.1, 0.15) is 40.7 Å². The fourth-order valence-corrected chi connectivity index (χ4v) is 4.96. The molecule has 0 aliphatic carbocycles. The molecular formula is C21H26N4O4. The lowest BCUT2D eigenvalue weighted by Crippen LogP contribution is -2.54. The number of nitrogens with zero attached hydrogens (tertiary/aromatic N) is 1. The van der Waals surface area contributed by atoms with E-state index in [-0.39, 0.29) is 30.2 Å². The van der Waals surface area contributed by atoms with Gasteiger partial charge in [0.15, 0.2) is 0 Å². The Morgan fingerprint density at radius 1 is 1.24 bits per heavy atom. The normalized spacial score (nSPS) is 27.9. The molecule has 2 unspecified atom stereocenters. The lowest BCUT2D eigenvalue weighted by Gasteiger charge is -2.37. The highest BCUT2D eigenvalue weighted by molar-refractivity contribution is 6.05. The van der Waals surface area contributed by atoms with E-state index < -0.39 is 6.04 Å². The minimum Gasteiger partial charge on any atom is -0.376 e. The second kappa shape index (κ2) is 7.19. The number of hydrogen-bond acceptors (Lipinski definition) is 6. The van der Waals surface area contributed by atoms with E-state index in [9.17, 15) is 14.4 Å². The monoisotopic (exact) mass is 398 g/mol. The molecule has 0 aromatic heterocycles. The number of fused-ring (bicyclic) bond motifs is 1. The molecule has 2 atom stereocenters. The van der Waals surface area contributed by atoms with Crippen LogP contribution in [0.4, 0.5) is 0 Å². The van der Waals surface area contributed by atoms with Crippen molar-refractivity contribution in [1.29, 1.82) is 0 Å². The van der Waals surface area contributed by atoms with Gasteiger partial charge in [0.05, 0.1) is 12.7 Å². The number of ether oxygens (including phenoxy) is 1. The third-order valence-electron chi connectivity index (χ3n) is 6.61. The van der Waals surface area contributed by atoms with Gasteiger partial charge in [-0.15, -0.1) is 0 Å². The summed E-state index contributed by atoms with van der Waals surface area (Å²) in [7, 11) is 0. The maximum Gasteiger partial charge on any atom is 0.255 e. The van der Waals surface area contributed by atoms with Crippen LogP contribution in [-0.2, 0) is 27.4 Å². The van der Waals surface area contributed by atoms with E-state index in [0.717, 1.165) is 43.8 Å². The van der Waals surface area contributed by atoms with Crippen molar-refractivity contribution in [3.05, 3.63) is 34.9 Å². The van der Waals surface area contributed by atoms with Crippen molar-refractivity contribution in [2.45, 2.75) is 44.5 Å². The predicted molar refractivity (Wildman–Crippen MR) is 104 cm³/mol. The van der Waals surface area contributed by atoms with E-state index in [0.29, 0.717) is 30.5 Å². The molecule has 4 aliphatic rings. The Balaban J connectivity index is 1.23. The number of imide groups is 1. The average molecular weight is 398 g/mol. The molecule has 4 aliphatic heterocycles. The molecule has 8 heteroatoms. The molecule has 1 aromatic rings. The van der Waals surface area contributed by atoms with E-state index in [4.69, 9.17) is 4.74 Å². The molecule has 0 saturated carbocycles. The van der Waals surface area contributed by atoms with Gasteiger partial charge in [0.2, 0.25) is 11.8 Å². The number of carbonyl (C=O) groups excluding carboxylic acids is 3. The van der Waals surface area contributed by atoms with Crippen molar-refractivity contribution in [2.75, 3.05) is 26.2 Å². The second-order valence-electron chi connectivity index (χ2n) is 8.72. The molecular weight excluding hydrogens is 372 g/mol. The quantitative estimate of drug-likeness (QED) is 0.600. The highest BCUT2D eigenvalue weighted by Crippen LogP contribution is 2.36. The molecule has 3 fully saturated rings. The Morgan fingerprint density at radius 2 is 2.10 bits per heavy atom. The van der Waals surface area contributed by atoms with Crippen LogP contribution in [-0.4, -0.2) is 61.0 Å².